The van der Waals surface area contributed by atoms with E-state index in [1.54, 1.807) is 0 Å². The number of likely N-dealkylation sites (tertiary alicyclic amines) is 1. The summed E-state index contributed by atoms with van der Waals surface area (Å²) < 4.78 is 0. The Hall–Kier alpha value is -2.10. The lowest BCUT2D eigenvalue weighted by molar-refractivity contribution is -0.136. The first-order valence-corrected chi connectivity index (χ1v) is 9.60. The van der Waals surface area contributed by atoms with Crippen molar-refractivity contribution in [3.8, 4) is 0 Å². The van der Waals surface area contributed by atoms with Gasteiger partial charge in [-0.05, 0) is 50.2 Å². The van der Waals surface area contributed by atoms with Gasteiger partial charge in [0.1, 0.15) is 0 Å². The normalized spacial score (nSPS) is 26.8. The molecular formula is C22H30N2O2. The van der Waals surface area contributed by atoms with Gasteiger partial charge >= 0.3 is 0 Å². The minimum absolute atomic E-state index is 0.0182. The number of rotatable bonds is 4. The van der Waals surface area contributed by atoms with E-state index in [0.717, 1.165) is 25.1 Å². The molecule has 26 heavy (non-hydrogen) atoms. The van der Waals surface area contributed by atoms with E-state index in [0.29, 0.717) is 12.5 Å². The van der Waals surface area contributed by atoms with Gasteiger partial charge in [0.25, 0.3) is 0 Å². The Labute approximate surface area is 156 Å². The maximum atomic E-state index is 13.1. The Morgan fingerprint density at radius 1 is 1.19 bits per heavy atom. The van der Waals surface area contributed by atoms with E-state index in [9.17, 15) is 9.59 Å². The van der Waals surface area contributed by atoms with Crippen LogP contribution in [0.25, 0.3) is 0 Å². The number of nitrogens with one attached hydrogen (secondary N) is 1. The van der Waals surface area contributed by atoms with Gasteiger partial charge in [0.15, 0.2) is 0 Å². The first-order chi connectivity index (χ1) is 12.3. The molecule has 3 atom stereocenters. The predicted molar refractivity (Wildman–Crippen MR) is 105 cm³/mol. The third kappa shape index (κ3) is 3.84. The van der Waals surface area contributed by atoms with Crippen LogP contribution in [0.3, 0.4) is 0 Å². The third-order valence-electron chi connectivity index (χ3n) is 5.83. The number of benzene rings is 1. The molecule has 0 bridgehead atoms. The second-order valence-electron chi connectivity index (χ2n) is 8.55. The van der Waals surface area contributed by atoms with Crippen LogP contribution in [0.1, 0.15) is 40.5 Å². The van der Waals surface area contributed by atoms with Gasteiger partial charge in [-0.3, -0.25) is 9.59 Å². The maximum Gasteiger partial charge on any atom is 0.229 e. The number of allylic oxidation sites excluding steroid dienone is 2. The molecule has 4 nitrogen and oxygen atoms in total. The molecular weight excluding hydrogens is 324 g/mol. The van der Waals surface area contributed by atoms with Crippen LogP contribution >= 0.6 is 0 Å². The molecule has 1 saturated carbocycles. The predicted octanol–water partition coefficient (Wildman–Crippen LogP) is 4.10. The average Bonchev–Trinajstić information content (AvgIpc) is 3.14. The number of para-hydroxylation sites is 1. The van der Waals surface area contributed by atoms with Crippen molar-refractivity contribution >= 4 is 17.5 Å². The summed E-state index contributed by atoms with van der Waals surface area (Å²) >= 11 is 0. The molecule has 2 amide bonds. The van der Waals surface area contributed by atoms with E-state index < -0.39 is 0 Å². The zero-order chi connectivity index (χ0) is 18.9. The van der Waals surface area contributed by atoms with Gasteiger partial charge in [-0.25, -0.2) is 0 Å². The van der Waals surface area contributed by atoms with Crippen LogP contribution in [0.15, 0.2) is 42.0 Å². The van der Waals surface area contributed by atoms with E-state index in [-0.39, 0.29) is 29.1 Å². The van der Waals surface area contributed by atoms with Crippen LogP contribution in [-0.4, -0.2) is 29.8 Å². The molecule has 0 radical (unpaired) electrons. The first kappa shape index (κ1) is 18.7. The fraction of sp³-hybridized carbons (Fsp3) is 0.545. The molecule has 0 aromatic heterocycles. The van der Waals surface area contributed by atoms with Crippen molar-refractivity contribution in [1.82, 2.24) is 4.90 Å². The first-order valence-electron chi connectivity index (χ1n) is 9.60. The van der Waals surface area contributed by atoms with Crippen LogP contribution in [0, 0.1) is 23.2 Å². The number of nitrogens with zero attached hydrogens (tertiary/aromatic N) is 1. The standard InChI is InChI=1S/C22H30N2O2/c1-15(2)13-18-19(22(18,3)4)21(26)24-12-8-9-16(14-24)20(25)23-17-10-6-5-7-11-17/h5-7,10-11,13,16,18-19H,8-9,12,14H2,1-4H3,(H,23,25). The molecule has 2 aliphatic rings. The zero-order valence-corrected chi connectivity index (χ0v) is 16.3. The fourth-order valence-corrected chi connectivity index (χ4v) is 4.17. The summed E-state index contributed by atoms with van der Waals surface area (Å²) in [4.78, 5) is 27.6. The maximum absolute atomic E-state index is 13.1. The number of piperidine rings is 1. The number of anilines is 1. The highest BCUT2D eigenvalue weighted by molar-refractivity contribution is 5.93. The molecule has 4 heteroatoms. The topological polar surface area (TPSA) is 49.4 Å². The van der Waals surface area contributed by atoms with Gasteiger partial charge in [0.2, 0.25) is 11.8 Å². The molecule has 0 spiro atoms. The summed E-state index contributed by atoms with van der Waals surface area (Å²) in [5, 5.41) is 2.98. The molecule has 2 fully saturated rings. The van der Waals surface area contributed by atoms with Crippen LogP contribution in [-0.2, 0) is 9.59 Å². The second kappa shape index (κ2) is 7.26. The third-order valence-corrected chi connectivity index (χ3v) is 5.83. The van der Waals surface area contributed by atoms with Gasteiger partial charge < -0.3 is 10.2 Å². The Morgan fingerprint density at radius 2 is 1.88 bits per heavy atom. The summed E-state index contributed by atoms with van der Waals surface area (Å²) in [6, 6.07) is 9.52. The molecule has 1 N–H and O–H groups in total. The molecule has 1 aromatic rings. The number of carbonyl (C=O) groups excluding carboxylic acids is 2. The van der Waals surface area contributed by atoms with E-state index in [2.05, 4.69) is 39.1 Å². The second-order valence-corrected chi connectivity index (χ2v) is 8.55. The van der Waals surface area contributed by atoms with Gasteiger partial charge in [-0.15, -0.1) is 0 Å². The Bertz CT molecular complexity index is 704. The fourth-order valence-electron chi connectivity index (χ4n) is 4.17. The highest BCUT2D eigenvalue weighted by Crippen LogP contribution is 2.60. The van der Waals surface area contributed by atoms with Crippen molar-refractivity contribution in [3.63, 3.8) is 0 Å². The molecule has 1 aromatic carbocycles. The monoisotopic (exact) mass is 354 g/mol. The van der Waals surface area contributed by atoms with Crippen LogP contribution in [0.5, 0.6) is 0 Å². The van der Waals surface area contributed by atoms with Crippen molar-refractivity contribution in [2.75, 3.05) is 18.4 Å². The summed E-state index contributed by atoms with van der Waals surface area (Å²) in [5.74, 6) is 0.475. The van der Waals surface area contributed by atoms with Crippen molar-refractivity contribution in [3.05, 3.63) is 42.0 Å². The van der Waals surface area contributed by atoms with E-state index in [1.165, 1.54) is 5.57 Å². The van der Waals surface area contributed by atoms with Gasteiger partial charge in [-0.1, -0.05) is 43.7 Å². The minimum atomic E-state index is -0.128. The molecule has 1 aliphatic carbocycles. The number of amides is 2. The highest BCUT2D eigenvalue weighted by Gasteiger charge is 2.61. The average molecular weight is 354 g/mol. The molecule has 3 unspecified atom stereocenters. The van der Waals surface area contributed by atoms with Crippen molar-refractivity contribution in [2.45, 2.75) is 40.5 Å². The van der Waals surface area contributed by atoms with Crippen molar-refractivity contribution in [2.24, 2.45) is 23.2 Å². The summed E-state index contributed by atoms with van der Waals surface area (Å²) in [7, 11) is 0. The quantitative estimate of drug-likeness (QED) is 0.828. The van der Waals surface area contributed by atoms with Crippen LogP contribution < -0.4 is 5.32 Å². The number of hydrogen-bond donors (Lipinski definition) is 1. The molecule has 1 heterocycles. The van der Waals surface area contributed by atoms with E-state index in [4.69, 9.17) is 0 Å². The Morgan fingerprint density at radius 3 is 2.54 bits per heavy atom. The Kier molecular flexibility index (Phi) is 5.22. The Balaban J connectivity index is 1.62. The zero-order valence-electron chi connectivity index (χ0n) is 16.3. The SMILES string of the molecule is CC(C)=CC1C(C(=O)N2CCCC(C(=O)Nc3ccccc3)C2)C1(C)C. The number of carbonyl (C=O) groups is 2. The van der Waals surface area contributed by atoms with Crippen molar-refractivity contribution < 1.29 is 9.59 Å². The van der Waals surface area contributed by atoms with E-state index >= 15 is 0 Å². The summed E-state index contributed by atoms with van der Waals surface area (Å²) in [6.07, 6.45) is 3.96. The van der Waals surface area contributed by atoms with Gasteiger partial charge in [0, 0.05) is 18.8 Å². The summed E-state index contributed by atoms with van der Waals surface area (Å²) in [5.41, 5.74) is 2.10. The molecule has 3 rings (SSSR count). The largest absolute Gasteiger partial charge is 0.342 e. The highest BCUT2D eigenvalue weighted by atomic mass is 16.2. The summed E-state index contributed by atoms with van der Waals surface area (Å²) in [6.45, 7) is 9.81. The number of hydrogen-bond acceptors (Lipinski definition) is 2. The minimum Gasteiger partial charge on any atom is -0.342 e. The van der Waals surface area contributed by atoms with E-state index in [1.807, 2.05) is 35.2 Å². The van der Waals surface area contributed by atoms with Gasteiger partial charge in [-0.2, -0.15) is 0 Å². The molecule has 1 aliphatic heterocycles. The lowest BCUT2D eigenvalue weighted by Gasteiger charge is -2.32. The lowest BCUT2D eigenvalue weighted by Crippen LogP contribution is -2.44. The lowest BCUT2D eigenvalue weighted by atomic mass is 9.96. The van der Waals surface area contributed by atoms with Gasteiger partial charge in [0.05, 0.1) is 11.8 Å². The smallest absolute Gasteiger partial charge is 0.229 e. The molecule has 1 saturated heterocycles. The molecule has 140 valence electrons. The van der Waals surface area contributed by atoms with Crippen LogP contribution in [0.2, 0.25) is 0 Å². The van der Waals surface area contributed by atoms with Crippen LogP contribution in [0.4, 0.5) is 5.69 Å². The van der Waals surface area contributed by atoms with Crippen molar-refractivity contribution in [1.29, 1.82) is 0 Å².